The first-order valence-electron chi connectivity index (χ1n) is 18.4. The third kappa shape index (κ3) is 28.1. The van der Waals surface area contributed by atoms with Gasteiger partial charge in [-0.3, -0.25) is 9.59 Å². The van der Waals surface area contributed by atoms with Crippen LogP contribution in [0.2, 0.25) is 0 Å². The number of ether oxygens (including phenoxy) is 3. The molecule has 0 aliphatic carbocycles. The van der Waals surface area contributed by atoms with E-state index < -0.39 is 18.1 Å². The van der Waals surface area contributed by atoms with E-state index in [9.17, 15) is 19.5 Å². The van der Waals surface area contributed by atoms with Crippen molar-refractivity contribution in [1.29, 1.82) is 0 Å². The van der Waals surface area contributed by atoms with Crippen LogP contribution >= 0.6 is 0 Å². The van der Waals surface area contributed by atoms with E-state index in [4.69, 9.17) is 14.2 Å². The summed E-state index contributed by atoms with van der Waals surface area (Å²) < 4.78 is 17.0. The Hall–Kier alpha value is -2.19. The molecule has 0 aromatic carbocycles. The summed E-state index contributed by atoms with van der Waals surface area (Å²) in [6.45, 7) is 4.53. The molecule has 268 valence electrons. The maximum atomic E-state index is 12.6. The van der Waals surface area contributed by atoms with Gasteiger partial charge in [0, 0.05) is 19.3 Å². The Morgan fingerprint density at radius 1 is 0.630 bits per heavy atom. The monoisotopic (exact) mass is 652 g/mol. The number of nitrogens with zero attached hydrogens (tertiary/aromatic N) is 1. The number of carboxylic acid groups (broad SMARTS) is 1. The van der Waals surface area contributed by atoms with Crippen molar-refractivity contribution in [2.75, 3.05) is 41.0 Å². The highest BCUT2D eigenvalue weighted by molar-refractivity contribution is 5.70. The quantitative estimate of drug-likeness (QED) is 0.0319. The van der Waals surface area contributed by atoms with Crippen molar-refractivity contribution < 1.29 is 38.2 Å². The van der Waals surface area contributed by atoms with E-state index in [-0.39, 0.29) is 42.7 Å². The van der Waals surface area contributed by atoms with Crippen LogP contribution in [0.4, 0.5) is 0 Å². The van der Waals surface area contributed by atoms with Crippen molar-refractivity contribution in [2.45, 2.75) is 161 Å². The molecule has 0 aromatic heterocycles. The Kier molecular flexibility index (Phi) is 28.7. The van der Waals surface area contributed by atoms with Crippen LogP contribution in [0.15, 0.2) is 24.3 Å². The first kappa shape index (κ1) is 43.8. The number of hydrogen-bond acceptors (Lipinski definition) is 7. The first-order chi connectivity index (χ1) is 22.1. The van der Waals surface area contributed by atoms with Crippen LogP contribution in [0.1, 0.15) is 149 Å². The molecule has 0 heterocycles. The number of esters is 2. The molecular weight excluding hydrogens is 582 g/mol. The second-order valence-electron chi connectivity index (χ2n) is 13.4. The average Bonchev–Trinajstić information content (AvgIpc) is 3.00. The van der Waals surface area contributed by atoms with Gasteiger partial charge < -0.3 is 28.6 Å². The SMILES string of the molecule is CCC/C=C\CCCCCCCC(=O)OCC(COCCC(C(=O)[O-])[N+](C)(C)C)OC(=O)CCCCCCC/C=C\CCCCC. The fourth-order valence-electron chi connectivity index (χ4n) is 5.12. The summed E-state index contributed by atoms with van der Waals surface area (Å²) in [7, 11) is 5.38. The van der Waals surface area contributed by atoms with Gasteiger partial charge in [-0.15, -0.1) is 0 Å². The molecule has 0 rings (SSSR count). The summed E-state index contributed by atoms with van der Waals surface area (Å²) in [5.74, 6) is -1.76. The third-order valence-corrected chi connectivity index (χ3v) is 8.04. The minimum Gasteiger partial charge on any atom is -0.544 e. The molecule has 0 saturated carbocycles. The number of rotatable bonds is 32. The van der Waals surface area contributed by atoms with E-state index in [0.29, 0.717) is 12.8 Å². The van der Waals surface area contributed by atoms with Crippen molar-refractivity contribution >= 4 is 17.9 Å². The van der Waals surface area contributed by atoms with Crippen LogP contribution in [0.5, 0.6) is 0 Å². The largest absolute Gasteiger partial charge is 0.544 e. The summed E-state index contributed by atoms with van der Waals surface area (Å²) >= 11 is 0. The van der Waals surface area contributed by atoms with Gasteiger partial charge in [-0.1, -0.05) is 95.9 Å². The lowest BCUT2D eigenvalue weighted by atomic mass is 10.1. The second kappa shape index (κ2) is 30.2. The van der Waals surface area contributed by atoms with Crippen LogP contribution in [-0.4, -0.2) is 75.5 Å². The fraction of sp³-hybridized carbons (Fsp3) is 0.816. The van der Waals surface area contributed by atoms with Crippen molar-refractivity contribution in [1.82, 2.24) is 0 Å². The highest BCUT2D eigenvalue weighted by atomic mass is 16.6. The van der Waals surface area contributed by atoms with Crippen LogP contribution < -0.4 is 5.11 Å². The number of quaternary nitrogens is 1. The topological polar surface area (TPSA) is 102 Å². The van der Waals surface area contributed by atoms with E-state index in [1.54, 1.807) is 21.1 Å². The van der Waals surface area contributed by atoms with Gasteiger partial charge in [0.05, 0.1) is 40.3 Å². The number of carboxylic acids is 1. The number of unbranched alkanes of at least 4 members (excludes halogenated alkanes) is 14. The summed E-state index contributed by atoms with van der Waals surface area (Å²) in [6, 6.07) is -0.724. The Bertz CT molecular complexity index is 818. The number of carbonyl (C=O) groups excluding carboxylic acids is 3. The molecule has 0 N–H and O–H groups in total. The summed E-state index contributed by atoms with van der Waals surface area (Å²) in [6.07, 6.45) is 29.1. The summed E-state index contributed by atoms with van der Waals surface area (Å²) in [4.78, 5) is 36.5. The Labute approximate surface area is 281 Å². The molecule has 8 nitrogen and oxygen atoms in total. The fourth-order valence-corrected chi connectivity index (χ4v) is 5.12. The number of aliphatic carboxylic acids is 1. The van der Waals surface area contributed by atoms with E-state index in [1.807, 2.05) is 0 Å². The van der Waals surface area contributed by atoms with Crippen molar-refractivity contribution in [3.63, 3.8) is 0 Å². The smallest absolute Gasteiger partial charge is 0.306 e. The second-order valence-corrected chi connectivity index (χ2v) is 13.4. The third-order valence-electron chi connectivity index (χ3n) is 8.04. The summed E-state index contributed by atoms with van der Waals surface area (Å²) in [5, 5.41) is 11.5. The highest BCUT2D eigenvalue weighted by Gasteiger charge is 2.25. The van der Waals surface area contributed by atoms with Gasteiger partial charge in [-0.05, 0) is 57.8 Å². The van der Waals surface area contributed by atoms with Crippen LogP contribution in [0.25, 0.3) is 0 Å². The number of hydrogen-bond donors (Lipinski definition) is 0. The maximum Gasteiger partial charge on any atom is 0.306 e. The molecule has 0 saturated heterocycles. The standard InChI is InChI=1S/C38H69NO7/c1-6-8-10-12-14-16-18-19-21-23-25-27-29-37(41)46-34(32-44-31-30-35(38(42)43)39(3,4)5)33-45-36(40)28-26-24-22-20-17-15-13-11-9-7-2/h11,13-14,16,34-35H,6-10,12,15,17-33H2,1-5H3/b13-11-,16-14-. The molecule has 0 aliphatic heterocycles. The number of likely N-dealkylation sites (N-methyl/N-ethyl adjacent to an activating group) is 1. The molecule has 46 heavy (non-hydrogen) atoms. The molecule has 0 aromatic rings. The molecule has 0 radical (unpaired) electrons. The summed E-state index contributed by atoms with van der Waals surface area (Å²) in [5.41, 5.74) is 0. The zero-order valence-electron chi connectivity index (χ0n) is 30.2. The molecule has 8 heteroatoms. The molecular formula is C38H69NO7. The lowest BCUT2D eigenvalue weighted by molar-refractivity contribution is -0.889. The van der Waals surface area contributed by atoms with Crippen LogP contribution in [-0.2, 0) is 28.6 Å². The maximum absolute atomic E-state index is 12.6. The molecule has 0 spiro atoms. The van der Waals surface area contributed by atoms with Gasteiger partial charge in [0.15, 0.2) is 6.10 Å². The zero-order chi connectivity index (χ0) is 34.3. The van der Waals surface area contributed by atoms with E-state index >= 15 is 0 Å². The molecule has 0 amide bonds. The van der Waals surface area contributed by atoms with Gasteiger partial charge in [0.1, 0.15) is 12.6 Å². The molecule has 0 aliphatic rings. The number of allylic oxidation sites excluding steroid dienone is 4. The van der Waals surface area contributed by atoms with E-state index in [0.717, 1.165) is 70.6 Å². The normalized spacial score (nSPS) is 13.3. The molecule has 2 unspecified atom stereocenters. The van der Waals surface area contributed by atoms with Gasteiger partial charge in [-0.2, -0.15) is 0 Å². The highest BCUT2D eigenvalue weighted by Crippen LogP contribution is 2.12. The minimum atomic E-state index is -1.13. The zero-order valence-corrected chi connectivity index (χ0v) is 30.2. The molecule has 0 fully saturated rings. The van der Waals surface area contributed by atoms with E-state index in [2.05, 4.69) is 38.2 Å². The molecule has 2 atom stereocenters. The van der Waals surface area contributed by atoms with Crippen LogP contribution in [0.3, 0.4) is 0 Å². The average molecular weight is 652 g/mol. The van der Waals surface area contributed by atoms with Gasteiger partial charge in [0.25, 0.3) is 0 Å². The van der Waals surface area contributed by atoms with Crippen molar-refractivity contribution in [3.8, 4) is 0 Å². The first-order valence-corrected chi connectivity index (χ1v) is 18.4. The lowest BCUT2D eigenvalue weighted by Crippen LogP contribution is -2.55. The van der Waals surface area contributed by atoms with Crippen molar-refractivity contribution in [3.05, 3.63) is 24.3 Å². The lowest BCUT2D eigenvalue weighted by Gasteiger charge is -2.34. The van der Waals surface area contributed by atoms with Gasteiger partial charge >= 0.3 is 11.9 Å². The van der Waals surface area contributed by atoms with Crippen LogP contribution in [0, 0.1) is 0 Å². The van der Waals surface area contributed by atoms with Crippen molar-refractivity contribution in [2.24, 2.45) is 0 Å². The molecule has 0 bridgehead atoms. The minimum absolute atomic E-state index is 0.0363. The Morgan fingerprint density at radius 2 is 1.13 bits per heavy atom. The van der Waals surface area contributed by atoms with Gasteiger partial charge in [0.2, 0.25) is 0 Å². The van der Waals surface area contributed by atoms with Gasteiger partial charge in [-0.25, -0.2) is 0 Å². The predicted octanol–water partition coefficient (Wildman–Crippen LogP) is 7.63. The van der Waals surface area contributed by atoms with E-state index in [1.165, 1.54) is 44.9 Å². The predicted molar refractivity (Wildman–Crippen MR) is 185 cm³/mol. The Balaban J connectivity index is 4.47. The Morgan fingerprint density at radius 3 is 1.65 bits per heavy atom. The number of carbonyl (C=O) groups is 3.